The first kappa shape index (κ1) is 18.9. The minimum Gasteiger partial charge on any atom is -0.382 e. The molecule has 1 heterocycles. The van der Waals surface area contributed by atoms with Crippen molar-refractivity contribution in [3.63, 3.8) is 0 Å². The Labute approximate surface area is 148 Å². The minimum atomic E-state index is 0.527. The number of methoxy groups -OCH3 is 1. The molecule has 8 heteroatoms. The monoisotopic (exact) mass is 346 g/mol. The Bertz CT molecular complexity index is 629. The molecule has 0 amide bonds. The van der Waals surface area contributed by atoms with Crippen molar-refractivity contribution < 1.29 is 9.47 Å². The summed E-state index contributed by atoms with van der Waals surface area (Å²) < 4.78 is 12.3. The maximum absolute atomic E-state index is 5.43. The summed E-state index contributed by atoms with van der Waals surface area (Å²) in [6.07, 6.45) is 2.60. The Kier molecular flexibility index (Phi) is 8.43. The molecular formula is C17H26N6O2. The quantitative estimate of drug-likeness (QED) is 0.379. The number of hydrogen-bond donors (Lipinski definition) is 2. The summed E-state index contributed by atoms with van der Waals surface area (Å²) in [6.45, 7) is 3.24. The Hall–Kier alpha value is -2.45. The molecule has 0 saturated heterocycles. The van der Waals surface area contributed by atoms with Crippen LogP contribution in [0.25, 0.3) is 5.69 Å². The van der Waals surface area contributed by atoms with Crippen molar-refractivity contribution in [1.29, 1.82) is 0 Å². The van der Waals surface area contributed by atoms with Crippen molar-refractivity contribution in [2.24, 2.45) is 4.99 Å². The van der Waals surface area contributed by atoms with Crippen LogP contribution in [0.15, 0.2) is 41.7 Å². The summed E-state index contributed by atoms with van der Waals surface area (Å²) in [5.74, 6) is 1.54. The number of aliphatic imine (C=N–C) groups is 1. The van der Waals surface area contributed by atoms with Gasteiger partial charge >= 0.3 is 0 Å². The molecule has 0 aliphatic carbocycles. The molecule has 1 aromatic carbocycles. The van der Waals surface area contributed by atoms with Crippen LogP contribution in [-0.2, 0) is 16.0 Å². The van der Waals surface area contributed by atoms with E-state index in [-0.39, 0.29) is 0 Å². The molecule has 0 aliphatic rings. The highest BCUT2D eigenvalue weighted by molar-refractivity contribution is 5.79. The lowest BCUT2D eigenvalue weighted by molar-refractivity contribution is 0.0698. The van der Waals surface area contributed by atoms with Crippen molar-refractivity contribution in [2.45, 2.75) is 13.0 Å². The summed E-state index contributed by atoms with van der Waals surface area (Å²) in [6, 6.07) is 9.99. The normalized spacial score (nSPS) is 11.5. The van der Waals surface area contributed by atoms with Crippen molar-refractivity contribution in [3.8, 4) is 5.69 Å². The largest absolute Gasteiger partial charge is 0.382 e. The van der Waals surface area contributed by atoms with Gasteiger partial charge in [-0.25, -0.2) is 0 Å². The van der Waals surface area contributed by atoms with Gasteiger partial charge in [-0.2, -0.15) is 0 Å². The molecular weight excluding hydrogens is 320 g/mol. The number of ether oxygens (including phenoxy) is 2. The van der Waals surface area contributed by atoms with E-state index < -0.39 is 0 Å². The maximum atomic E-state index is 5.43. The number of aromatic nitrogens is 3. The third kappa shape index (κ3) is 6.52. The average Bonchev–Trinajstić information content (AvgIpc) is 3.13. The third-order valence-electron chi connectivity index (χ3n) is 3.48. The molecule has 0 aliphatic heterocycles. The van der Waals surface area contributed by atoms with Gasteiger partial charge in [-0.1, -0.05) is 18.2 Å². The highest BCUT2D eigenvalue weighted by Gasteiger charge is 2.07. The Balaban J connectivity index is 1.74. The molecule has 0 radical (unpaired) electrons. The topological polar surface area (TPSA) is 85.6 Å². The molecule has 0 fully saturated rings. The molecule has 2 N–H and O–H groups in total. The number of para-hydroxylation sites is 1. The predicted octanol–water partition coefficient (Wildman–Crippen LogP) is 0.985. The third-order valence-corrected chi connectivity index (χ3v) is 3.48. The highest BCUT2D eigenvalue weighted by atomic mass is 16.5. The molecule has 25 heavy (non-hydrogen) atoms. The number of nitrogens with one attached hydrogen (secondary N) is 2. The molecule has 0 bridgehead atoms. The SMILES string of the molecule is CN=C(NCCCOCCOC)NCc1nncn1-c1ccccc1. The van der Waals surface area contributed by atoms with Crippen molar-refractivity contribution in [3.05, 3.63) is 42.5 Å². The van der Waals surface area contributed by atoms with Gasteiger partial charge < -0.3 is 20.1 Å². The van der Waals surface area contributed by atoms with Crippen molar-refractivity contribution in [2.75, 3.05) is 40.5 Å². The van der Waals surface area contributed by atoms with E-state index in [4.69, 9.17) is 9.47 Å². The van der Waals surface area contributed by atoms with Gasteiger partial charge in [0.05, 0.1) is 19.8 Å². The zero-order valence-electron chi connectivity index (χ0n) is 14.8. The van der Waals surface area contributed by atoms with Gasteiger partial charge in [0.1, 0.15) is 6.33 Å². The molecule has 0 atom stereocenters. The van der Waals surface area contributed by atoms with Crippen molar-refractivity contribution in [1.82, 2.24) is 25.4 Å². The summed E-state index contributed by atoms with van der Waals surface area (Å²) in [5.41, 5.74) is 1.03. The molecule has 0 saturated carbocycles. The molecule has 2 aromatic rings. The van der Waals surface area contributed by atoms with Gasteiger partial charge in [0.15, 0.2) is 11.8 Å². The zero-order chi connectivity index (χ0) is 17.7. The van der Waals surface area contributed by atoms with Crippen LogP contribution >= 0.6 is 0 Å². The first-order valence-electron chi connectivity index (χ1n) is 8.30. The lowest BCUT2D eigenvalue weighted by atomic mass is 10.3. The minimum absolute atomic E-state index is 0.527. The molecule has 0 spiro atoms. The van der Waals surface area contributed by atoms with Gasteiger partial charge in [-0.3, -0.25) is 9.56 Å². The fourth-order valence-electron chi connectivity index (χ4n) is 2.19. The zero-order valence-corrected chi connectivity index (χ0v) is 14.8. The molecule has 1 aromatic heterocycles. The Morgan fingerprint density at radius 2 is 2.00 bits per heavy atom. The highest BCUT2D eigenvalue weighted by Crippen LogP contribution is 2.08. The van der Waals surface area contributed by atoms with E-state index in [2.05, 4.69) is 25.8 Å². The van der Waals surface area contributed by atoms with Crippen LogP contribution in [0.3, 0.4) is 0 Å². The smallest absolute Gasteiger partial charge is 0.191 e. The molecule has 2 rings (SSSR count). The van der Waals surface area contributed by atoms with Crippen LogP contribution < -0.4 is 10.6 Å². The number of nitrogens with zero attached hydrogens (tertiary/aromatic N) is 4. The van der Waals surface area contributed by atoms with Crippen LogP contribution in [-0.4, -0.2) is 61.2 Å². The van der Waals surface area contributed by atoms with E-state index in [9.17, 15) is 0 Å². The Morgan fingerprint density at radius 3 is 2.76 bits per heavy atom. The van der Waals surface area contributed by atoms with Gasteiger partial charge in [0.2, 0.25) is 0 Å². The van der Waals surface area contributed by atoms with Gasteiger partial charge in [-0.05, 0) is 18.6 Å². The van der Waals surface area contributed by atoms with E-state index in [0.717, 1.165) is 30.4 Å². The lowest BCUT2D eigenvalue weighted by Crippen LogP contribution is -2.38. The number of hydrogen-bond acceptors (Lipinski definition) is 5. The van der Waals surface area contributed by atoms with E-state index in [1.54, 1.807) is 20.5 Å². The van der Waals surface area contributed by atoms with Crippen LogP contribution in [0.4, 0.5) is 0 Å². The van der Waals surface area contributed by atoms with Gasteiger partial charge in [-0.15, -0.1) is 10.2 Å². The molecule has 0 unspecified atom stereocenters. The summed E-state index contributed by atoms with van der Waals surface area (Å²) in [5, 5.41) is 14.7. The second kappa shape index (κ2) is 11.2. The van der Waals surface area contributed by atoms with E-state index in [1.165, 1.54) is 0 Å². The standard InChI is InChI=1S/C17H26N6O2/c1-18-17(19-9-6-10-25-12-11-24-2)20-13-16-22-21-14-23(16)15-7-4-3-5-8-15/h3-5,7-8,14H,6,9-13H2,1-2H3,(H2,18,19,20). The Morgan fingerprint density at radius 1 is 1.16 bits per heavy atom. The fraction of sp³-hybridized carbons (Fsp3) is 0.471. The second-order valence-electron chi connectivity index (χ2n) is 5.26. The van der Waals surface area contributed by atoms with Crippen LogP contribution in [0.5, 0.6) is 0 Å². The van der Waals surface area contributed by atoms with Crippen LogP contribution in [0.1, 0.15) is 12.2 Å². The van der Waals surface area contributed by atoms with Gasteiger partial charge in [0.25, 0.3) is 0 Å². The summed E-state index contributed by atoms with van der Waals surface area (Å²) in [7, 11) is 3.41. The van der Waals surface area contributed by atoms with Crippen molar-refractivity contribution >= 4 is 5.96 Å². The fourth-order valence-corrected chi connectivity index (χ4v) is 2.19. The van der Waals surface area contributed by atoms with E-state index >= 15 is 0 Å². The molecule has 8 nitrogen and oxygen atoms in total. The van der Waals surface area contributed by atoms with Crippen LogP contribution in [0, 0.1) is 0 Å². The first-order chi connectivity index (χ1) is 12.3. The van der Waals surface area contributed by atoms with E-state index in [0.29, 0.717) is 26.4 Å². The lowest BCUT2D eigenvalue weighted by Gasteiger charge is -2.12. The number of benzene rings is 1. The predicted molar refractivity (Wildman–Crippen MR) is 96.9 cm³/mol. The second-order valence-corrected chi connectivity index (χ2v) is 5.26. The molecule has 136 valence electrons. The van der Waals surface area contributed by atoms with Crippen LogP contribution in [0.2, 0.25) is 0 Å². The summed E-state index contributed by atoms with van der Waals surface area (Å²) >= 11 is 0. The number of rotatable bonds is 10. The first-order valence-corrected chi connectivity index (χ1v) is 8.30. The summed E-state index contributed by atoms with van der Waals surface area (Å²) in [4.78, 5) is 4.21. The average molecular weight is 346 g/mol. The van der Waals surface area contributed by atoms with Gasteiger partial charge in [0, 0.05) is 33.0 Å². The van der Waals surface area contributed by atoms with E-state index in [1.807, 2.05) is 34.9 Å². The maximum Gasteiger partial charge on any atom is 0.191 e. The number of guanidine groups is 1.